The maximum atomic E-state index is 11.9. The van der Waals surface area contributed by atoms with Gasteiger partial charge in [-0.2, -0.15) is 0 Å². The smallest absolute Gasteiger partial charge is 0.259 e. The third kappa shape index (κ3) is 3.85. The number of fused-ring (bicyclic) bond motifs is 2. The normalized spacial score (nSPS) is 14.7. The molecular weight excluding hydrogens is 430 g/mol. The summed E-state index contributed by atoms with van der Waals surface area (Å²) < 4.78 is 0. The predicted octanol–water partition coefficient (Wildman–Crippen LogP) is 4.49. The molecule has 172 valence electrons. The van der Waals surface area contributed by atoms with E-state index in [1.165, 1.54) is 0 Å². The second kappa shape index (κ2) is 8.78. The van der Waals surface area contributed by atoms with E-state index in [-0.39, 0.29) is 12.8 Å². The molecule has 1 fully saturated rings. The number of benzene rings is 4. The largest absolute Gasteiger partial charge is 0.377 e. The van der Waals surface area contributed by atoms with Crippen LogP contribution in [0, 0.1) is 0 Å². The number of carbonyl (C=O) groups excluding carboxylic acids is 2. The minimum atomic E-state index is -1.59. The average Bonchev–Trinajstić information content (AvgIpc) is 3.15. The SMILES string of the molecule is CN(C)c1ccc2ccccc2c1-c1c(NC(O)ON2C(=O)CCC2=O)ccc2ccccc12. The first-order chi connectivity index (χ1) is 16.4. The predicted molar refractivity (Wildman–Crippen MR) is 133 cm³/mol. The number of hydrogen-bond acceptors (Lipinski definition) is 6. The van der Waals surface area contributed by atoms with Crippen molar-refractivity contribution in [3.05, 3.63) is 72.8 Å². The Morgan fingerprint density at radius 3 is 2.00 bits per heavy atom. The number of rotatable bonds is 6. The Balaban J connectivity index is 1.69. The fraction of sp³-hybridized carbons (Fsp3) is 0.185. The summed E-state index contributed by atoms with van der Waals surface area (Å²) in [6.07, 6.45) is -1.44. The molecule has 4 aromatic rings. The molecule has 0 radical (unpaired) electrons. The van der Waals surface area contributed by atoms with Crippen LogP contribution in [0.25, 0.3) is 32.7 Å². The van der Waals surface area contributed by atoms with E-state index in [4.69, 9.17) is 4.84 Å². The first kappa shape index (κ1) is 21.9. The number of nitrogens with one attached hydrogen (secondary N) is 1. The Morgan fingerprint density at radius 1 is 0.824 bits per heavy atom. The molecule has 0 bridgehead atoms. The molecule has 2 N–H and O–H groups in total. The highest BCUT2D eigenvalue weighted by Gasteiger charge is 2.32. The fourth-order valence-electron chi connectivity index (χ4n) is 4.49. The van der Waals surface area contributed by atoms with Crippen LogP contribution < -0.4 is 10.2 Å². The van der Waals surface area contributed by atoms with E-state index in [9.17, 15) is 14.7 Å². The Labute approximate surface area is 197 Å². The van der Waals surface area contributed by atoms with E-state index in [1.807, 2.05) is 62.6 Å². The van der Waals surface area contributed by atoms with Gasteiger partial charge in [-0.3, -0.25) is 9.59 Å². The monoisotopic (exact) mass is 455 g/mol. The lowest BCUT2D eigenvalue weighted by molar-refractivity contribution is -0.235. The lowest BCUT2D eigenvalue weighted by atomic mass is 9.90. The summed E-state index contributed by atoms with van der Waals surface area (Å²) in [5.74, 6) is -0.929. The first-order valence-corrected chi connectivity index (χ1v) is 11.1. The van der Waals surface area contributed by atoms with Gasteiger partial charge in [-0.05, 0) is 33.7 Å². The number of amides is 2. The number of hydrogen-bond donors (Lipinski definition) is 2. The van der Waals surface area contributed by atoms with E-state index < -0.39 is 18.2 Å². The van der Waals surface area contributed by atoms with Crippen molar-refractivity contribution in [1.29, 1.82) is 0 Å². The van der Waals surface area contributed by atoms with Gasteiger partial charge in [0, 0.05) is 49.4 Å². The van der Waals surface area contributed by atoms with E-state index in [1.54, 1.807) is 0 Å². The van der Waals surface area contributed by atoms with Gasteiger partial charge in [0.25, 0.3) is 18.2 Å². The third-order valence-corrected chi connectivity index (χ3v) is 6.06. The van der Waals surface area contributed by atoms with Crippen LogP contribution in [0.15, 0.2) is 72.8 Å². The summed E-state index contributed by atoms with van der Waals surface area (Å²) in [6, 6.07) is 24.2. The topological polar surface area (TPSA) is 82.1 Å². The quantitative estimate of drug-likeness (QED) is 0.329. The van der Waals surface area contributed by atoms with Gasteiger partial charge in [0.1, 0.15) is 0 Å². The number of nitrogens with zero attached hydrogens (tertiary/aromatic N) is 2. The van der Waals surface area contributed by atoms with E-state index in [0.29, 0.717) is 10.8 Å². The van der Waals surface area contributed by atoms with Gasteiger partial charge in [-0.1, -0.05) is 60.7 Å². The summed E-state index contributed by atoms with van der Waals surface area (Å²) >= 11 is 0. The molecule has 5 rings (SSSR count). The van der Waals surface area contributed by atoms with Gasteiger partial charge in [-0.15, -0.1) is 5.06 Å². The molecule has 7 nitrogen and oxygen atoms in total. The number of aliphatic hydroxyl groups excluding tert-OH is 1. The van der Waals surface area contributed by atoms with Crippen molar-refractivity contribution < 1.29 is 19.5 Å². The molecule has 34 heavy (non-hydrogen) atoms. The fourth-order valence-corrected chi connectivity index (χ4v) is 4.49. The van der Waals surface area contributed by atoms with Crippen LogP contribution in [-0.4, -0.2) is 42.5 Å². The van der Waals surface area contributed by atoms with Gasteiger partial charge < -0.3 is 15.3 Å². The molecule has 4 aromatic carbocycles. The highest BCUT2D eigenvalue weighted by molar-refractivity contribution is 6.13. The Morgan fingerprint density at radius 2 is 1.38 bits per heavy atom. The molecule has 7 heteroatoms. The van der Waals surface area contributed by atoms with Gasteiger partial charge >= 0.3 is 0 Å². The first-order valence-electron chi connectivity index (χ1n) is 11.1. The van der Waals surface area contributed by atoms with Crippen LogP contribution in [0.2, 0.25) is 0 Å². The summed E-state index contributed by atoms with van der Waals surface area (Å²) in [5.41, 5.74) is 3.52. The molecule has 0 aromatic heterocycles. The van der Waals surface area contributed by atoms with Crippen LogP contribution in [0.5, 0.6) is 0 Å². The summed E-state index contributed by atoms with van der Waals surface area (Å²) in [7, 11) is 3.99. The van der Waals surface area contributed by atoms with Crippen molar-refractivity contribution in [2.45, 2.75) is 19.3 Å². The van der Waals surface area contributed by atoms with Crippen molar-refractivity contribution in [3.63, 3.8) is 0 Å². The second-order valence-electron chi connectivity index (χ2n) is 8.47. The highest BCUT2D eigenvalue weighted by Crippen LogP contribution is 2.44. The van der Waals surface area contributed by atoms with Gasteiger partial charge in [0.2, 0.25) is 0 Å². The Kier molecular flexibility index (Phi) is 5.65. The average molecular weight is 456 g/mol. The minimum absolute atomic E-state index is 0.0784. The maximum Gasteiger partial charge on any atom is 0.259 e. The van der Waals surface area contributed by atoms with Crippen LogP contribution in [0.4, 0.5) is 11.4 Å². The molecule has 1 heterocycles. The molecule has 0 saturated carbocycles. The van der Waals surface area contributed by atoms with Crippen molar-refractivity contribution in [2.75, 3.05) is 24.3 Å². The lowest BCUT2D eigenvalue weighted by Gasteiger charge is -2.25. The minimum Gasteiger partial charge on any atom is -0.377 e. The standard InChI is InChI=1S/C27H25N3O4/c1-29(2)22-14-12-18-8-4-6-10-20(18)26(22)25-19-9-5-3-7-17(19)11-13-21(25)28-27(33)34-30-23(31)15-16-24(30)32/h3-14,27-28,33H,15-16H2,1-2H3. The van der Waals surface area contributed by atoms with Crippen molar-refractivity contribution in [1.82, 2.24) is 5.06 Å². The number of anilines is 2. The number of carbonyl (C=O) groups is 2. The highest BCUT2D eigenvalue weighted by atomic mass is 16.8. The van der Waals surface area contributed by atoms with Gasteiger partial charge in [-0.25, -0.2) is 4.84 Å². The molecule has 1 atom stereocenters. The molecule has 1 saturated heterocycles. The molecule has 2 amide bonds. The van der Waals surface area contributed by atoms with E-state index in [0.717, 1.165) is 38.4 Å². The number of imide groups is 1. The summed E-state index contributed by atoms with van der Waals surface area (Å²) in [5, 5.41) is 18.4. The van der Waals surface area contributed by atoms with Crippen LogP contribution >= 0.6 is 0 Å². The molecule has 1 aliphatic heterocycles. The summed E-state index contributed by atoms with van der Waals surface area (Å²) in [6.45, 7) is 0. The van der Waals surface area contributed by atoms with Gasteiger partial charge in [0.05, 0.1) is 0 Å². The zero-order chi connectivity index (χ0) is 23.8. The van der Waals surface area contributed by atoms with Crippen LogP contribution in [0.1, 0.15) is 12.8 Å². The van der Waals surface area contributed by atoms with E-state index >= 15 is 0 Å². The molecule has 1 aliphatic rings. The zero-order valence-corrected chi connectivity index (χ0v) is 19.0. The van der Waals surface area contributed by atoms with Crippen LogP contribution in [0.3, 0.4) is 0 Å². The van der Waals surface area contributed by atoms with Gasteiger partial charge in [0.15, 0.2) is 0 Å². The summed E-state index contributed by atoms with van der Waals surface area (Å²) in [4.78, 5) is 31.2. The molecule has 0 spiro atoms. The van der Waals surface area contributed by atoms with Crippen molar-refractivity contribution in [2.24, 2.45) is 0 Å². The second-order valence-corrected chi connectivity index (χ2v) is 8.47. The lowest BCUT2D eigenvalue weighted by Crippen LogP contribution is -2.37. The number of hydroxylamine groups is 2. The van der Waals surface area contributed by atoms with Crippen LogP contribution in [-0.2, 0) is 14.4 Å². The van der Waals surface area contributed by atoms with Crippen molar-refractivity contribution >= 4 is 44.7 Å². The third-order valence-electron chi connectivity index (χ3n) is 6.06. The number of aliphatic hydroxyl groups is 1. The Hall–Kier alpha value is -3.94. The van der Waals surface area contributed by atoms with Crippen molar-refractivity contribution in [3.8, 4) is 11.1 Å². The maximum absolute atomic E-state index is 11.9. The molecule has 0 aliphatic carbocycles. The molecule has 1 unspecified atom stereocenters. The molecular formula is C27H25N3O4. The Bertz CT molecular complexity index is 1400. The van der Waals surface area contributed by atoms with E-state index in [2.05, 4.69) is 34.5 Å². The zero-order valence-electron chi connectivity index (χ0n) is 19.0.